The van der Waals surface area contributed by atoms with Crippen molar-refractivity contribution in [2.45, 2.75) is 23.8 Å². The Kier molecular flexibility index (Phi) is 4.67. The predicted molar refractivity (Wildman–Crippen MR) is 99.4 cm³/mol. The Hall–Kier alpha value is -2.00. The van der Waals surface area contributed by atoms with Gasteiger partial charge in [-0.25, -0.2) is 8.42 Å². The lowest BCUT2D eigenvalue weighted by atomic mass is 9.88. The molecule has 2 aliphatic heterocycles. The summed E-state index contributed by atoms with van der Waals surface area (Å²) in [6.45, 7) is 1.50. The first kappa shape index (κ1) is 18.4. The zero-order valence-electron chi connectivity index (χ0n) is 14.3. The van der Waals surface area contributed by atoms with Crippen LogP contribution < -0.4 is 0 Å². The predicted octanol–water partition coefficient (Wildman–Crippen LogP) is 3.11. The van der Waals surface area contributed by atoms with Gasteiger partial charge in [-0.1, -0.05) is 17.7 Å². The highest BCUT2D eigenvalue weighted by molar-refractivity contribution is 7.89. The molecule has 2 heterocycles. The molecule has 9 heteroatoms. The molecule has 1 unspecified atom stereocenters. The minimum Gasteiger partial charge on any atom is -0.376 e. The van der Waals surface area contributed by atoms with Crippen molar-refractivity contribution in [1.82, 2.24) is 4.31 Å². The van der Waals surface area contributed by atoms with E-state index in [2.05, 4.69) is 0 Å². The van der Waals surface area contributed by atoms with Crippen molar-refractivity contribution < 1.29 is 18.1 Å². The zero-order chi connectivity index (χ0) is 19.2. The Bertz CT molecular complexity index is 1010. The van der Waals surface area contributed by atoms with Crippen LogP contribution in [0.25, 0.3) is 0 Å². The maximum Gasteiger partial charge on any atom is 0.269 e. The van der Waals surface area contributed by atoms with E-state index in [-0.39, 0.29) is 16.5 Å². The number of sulfonamides is 1. The summed E-state index contributed by atoms with van der Waals surface area (Å²) in [5.41, 5.74) is 3.01. The van der Waals surface area contributed by atoms with Gasteiger partial charge in [0, 0.05) is 41.7 Å². The molecule has 0 saturated heterocycles. The van der Waals surface area contributed by atoms with Crippen LogP contribution in [0.5, 0.6) is 0 Å². The molecule has 0 radical (unpaired) electrons. The van der Waals surface area contributed by atoms with Gasteiger partial charge in [0.05, 0.1) is 23.0 Å². The second-order valence-electron chi connectivity index (χ2n) is 6.67. The maximum atomic E-state index is 13.1. The van der Waals surface area contributed by atoms with E-state index in [0.717, 1.165) is 16.7 Å². The SMILES string of the molecule is O=[N+]([O-])c1ccc(S(=O)(=O)N2CCc3ccc(Cl)c4c3C(COC4)C2)cc1. The minimum atomic E-state index is -3.77. The Balaban J connectivity index is 1.68. The lowest BCUT2D eigenvalue weighted by Crippen LogP contribution is -2.36. The molecule has 27 heavy (non-hydrogen) atoms. The third-order valence-electron chi connectivity index (χ3n) is 5.10. The first-order chi connectivity index (χ1) is 12.9. The molecule has 4 rings (SSSR count). The van der Waals surface area contributed by atoms with Crippen LogP contribution in [0.15, 0.2) is 41.3 Å². The lowest BCUT2D eigenvalue weighted by Gasteiger charge is -2.29. The van der Waals surface area contributed by atoms with Crippen LogP contribution in [-0.4, -0.2) is 37.3 Å². The molecule has 0 N–H and O–H groups in total. The number of rotatable bonds is 3. The van der Waals surface area contributed by atoms with Gasteiger partial charge in [0.2, 0.25) is 10.0 Å². The van der Waals surface area contributed by atoms with Crippen molar-refractivity contribution in [3.8, 4) is 0 Å². The molecule has 1 atom stereocenters. The Morgan fingerprint density at radius 2 is 1.93 bits per heavy atom. The number of hydrogen-bond acceptors (Lipinski definition) is 5. The number of hydrogen-bond donors (Lipinski definition) is 0. The highest BCUT2D eigenvalue weighted by Gasteiger charge is 2.35. The van der Waals surface area contributed by atoms with Crippen LogP contribution in [0.2, 0.25) is 5.02 Å². The number of halogens is 1. The average molecular weight is 409 g/mol. The van der Waals surface area contributed by atoms with Crippen LogP contribution in [-0.2, 0) is 27.8 Å². The Morgan fingerprint density at radius 3 is 2.63 bits per heavy atom. The van der Waals surface area contributed by atoms with Crippen molar-refractivity contribution in [3.63, 3.8) is 0 Å². The highest BCUT2D eigenvalue weighted by Crippen LogP contribution is 2.38. The number of nitro groups is 1. The van der Waals surface area contributed by atoms with Crippen LogP contribution in [0.3, 0.4) is 0 Å². The molecule has 2 aromatic carbocycles. The fourth-order valence-electron chi connectivity index (χ4n) is 3.78. The van der Waals surface area contributed by atoms with Crippen molar-refractivity contribution in [2.24, 2.45) is 0 Å². The number of non-ortho nitro benzene ring substituents is 1. The highest BCUT2D eigenvalue weighted by atomic mass is 35.5. The molecule has 0 spiro atoms. The summed E-state index contributed by atoms with van der Waals surface area (Å²) >= 11 is 6.31. The quantitative estimate of drug-likeness (QED) is 0.575. The fourth-order valence-corrected chi connectivity index (χ4v) is 5.49. The van der Waals surface area contributed by atoms with Gasteiger partial charge in [0.15, 0.2) is 0 Å². The third-order valence-corrected chi connectivity index (χ3v) is 7.34. The second kappa shape index (κ2) is 6.87. The van der Waals surface area contributed by atoms with E-state index in [4.69, 9.17) is 16.3 Å². The molecule has 2 aliphatic rings. The standard InChI is InChI=1S/C18H17ClN2O5S/c19-17-6-1-12-7-8-20(9-13-10-26-11-16(17)18(12)13)27(24,25)15-4-2-14(3-5-15)21(22)23/h1-6,13H,7-11H2. The maximum absolute atomic E-state index is 13.1. The molecule has 0 saturated carbocycles. The summed E-state index contributed by atoms with van der Waals surface area (Å²) < 4.78 is 33.3. The number of ether oxygens (including phenoxy) is 1. The van der Waals surface area contributed by atoms with E-state index < -0.39 is 14.9 Å². The van der Waals surface area contributed by atoms with Gasteiger partial charge in [-0.05, 0) is 35.7 Å². The van der Waals surface area contributed by atoms with Gasteiger partial charge in [-0.2, -0.15) is 4.31 Å². The Morgan fingerprint density at radius 1 is 1.19 bits per heavy atom. The van der Waals surface area contributed by atoms with Crippen LogP contribution in [0, 0.1) is 10.1 Å². The van der Waals surface area contributed by atoms with E-state index in [1.54, 1.807) is 0 Å². The summed E-state index contributed by atoms with van der Waals surface area (Å²) in [4.78, 5) is 10.3. The number of nitrogens with zero attached hydrogens (tertiary/aromatic N) is 2. The normalized spacial score (nSPS) is 20.0. The summed E-state index contributed by atoms with van der Waals surface area (Å²) in [6.07, 6.45) is 0.586. The molecule has 0 aliphatic carbocycles. The van der Waals surface area contributed by atoms with Crippen molar-refractivity contribution in [3.05, 3.63) is 68.2 Å². The largest absolute Gasteiger partial charge is 0.376 e. The van der Waals surface area contributed by atoms with E-state index in [1.807, 2.05) is 12.1 Å². The second-order valence-corrected chi connectivity index (χ2v) is 9.02. The van der Waals surface area contributed by atoms with E-state index in [0.29, 0.717) is 37.7 Å². The first-order valence-corrected chi connectivity index (χ1v) is 10.3. The van der Waals surface area contributed by atoms with Crippen LogP contribution in [0.4, 0.5) is 5.69 Å². The first-order valence-electron chi connectivity index (χ1n) is 8.50. The van der Waals surface area contributed by atoms with E-state index in [9.17, 15) is 18.5 Å². The monoisotopic (exact) mass is 408 g/mol. The molecule has 0 fully saturated rings. The number of nitro benzene ring substituents is 1. The van der Waals surface area contributed by atoms with Crippen molar-refractivity contribution in [1.29, 1.82) is 0 Å². The molecular formula is C18H17ClN2O5S. The molecule has 142 valence electrons. The fraction of sp³-hybridized carbons (Fsp3) is 0.333. The van der Waals surface area contributed by atoms with Crippen LogP contribution in [0.1, 0.15) is 22.6 Å². The van der Waals surface area contributed by atoms with Gasteiger partial charge in [-0.15, -0.1) is 0 Å². The van der Waals surface area contributed by atoms with Gasteiger partial charge in [0.25, 0.3) is 5.69 Å². The van der Waals surface area contributed by atoms with E-state index >= 15 is 0 Å². The topological polar surface area (TPSA) is 89.8 Å². The summed E-state index contributed by atoms with van der Waals surface area (Å²) in [7, 11) is -3.77. The average Bonchev–Trinajstić information content (AvgIpc) is 2.86. The molecule has 7 nitrogen and oxygen atoms in total. The van der Waals surface area contributed by atoms with Gasteiger partial charge in [0.1, 0.15) is 0 Å². The summed E-state index contributed by atoms with van der Waals surface area (Å²) in [5.74, 6) is -0.0854. The molecule has 0 amide bonds. The van der Waals surface area contributed by atoms with Gasteiger partial charge >= 0.3 is 0 Å². The zero-order valence-corrected chi connectivity index (χ0v) is 15.9. The van der Waals surface area contributed by atoms with Crippen molar-refractivity contribution >= 4 is 27.3 Å². The summed E-state index contributed by atoms with van der Waals surface area (Å²) in [5, 5.41) is 11.4. The lowest BCUT2D eigenvalue weighted by molar-refractivity contribution is -0.384. The summed E-state index contributed by atoms with van der Waals surface area (Å²) in [6, 6.07) is 8.78. The van der Waals surface area contributed by atoms with E-state index in [1.165, 1.54) is 28.6 Å². The van der Waals surface area contributed by atoms with Gasteiger partial charge in [-0.3, -0.25) is 10.1 Å². The molecule has 0 aromatic heterocycles. The molecular weight excluding hydrogens is 392 g/mol. The van der Waals surface area contributed by atoms with Crippen LogP contribution >= 0.6 is 11.6 Å². The van der Waals surface area contributed by atoms with Crippen molar-refractivity contribution in [2.75, 3.05) is 19.7 Å². The Labute approximate surface area is 161 Å². The molecule has 2 aromatic rings. The third kappa shape index (κ3) is 3.23. The molecule has 0 bridgehead atoms. The van der Waals surface area contributed by atoms with Gasteiger partial charge < -0.3 is 4.74 Å². The number of benzene rings is 2. The minimum absolute atomic E-state index is 0.0500. The smallest absolute Gasteiger partial charge is 0.269 e.